The summed E-state index contributed by atoms with van der Waals surface area (Å²) in [6.07, 6.45) is 3.44. The Morgan fingerprint density at radius 3 is 2.63 bits per heavy atom. The van der Waals surface area contributed by atoms with Crippen LogP contribution in [-0.2, 0) is 0 Å². The van der Waals surface area contributed by atoms with Crippen LogP contribution in [0.1, 0.15) is 16.1 Å². The van der Waals surface area contributed by atoms with Crippen LogP contribution in [0.25, 0.3) is 6.08 Å². The first kappa shape index (κ1) is 13.3. The maximum Gasteiger partial charge on any atom is 0.325 e. The largest absolute Gasteiger partial charge is 0.325 e. The molecule has 0 saturated heterocycles. The smallest absolute Gasteiger partial charge is 0.314 e. The highest BCUT2D eigenvalue weighted by molar-refractivity contribution is 7.15. The first-order valence-electron chi connectivity index (χ1n) is 5.88. The quantitative estimate of drug-likeness (QED) is 0.898. The highest BCUT2D eigenvalue weighted by atomic mass is 32.1. The van der Waals surface area contributed by atoms with E-state index in [4.69, 9.17) is 0 Å². The molecular weight excluding hydrogens is 258 g/mol. The lowest BCUT2D eigenvalue weighted by atomic mass is 10.2. The molecule has 2 N–H and O–H groups in total. The molecule has 0 bridgehead atoms. The van der Waals surface area contributed by atoms with Crippen molar-refractivity contribution in [3.8, 4) is 0 Å². The third-order valence-electron chi connectivity index (χ3n) is 2.54. The molecule has 0 aliphatic heterocycles. The summed E-state index contributed by atoms with van der Waals surface area (Å²) in [4.78, 5) is 17.0. The zero-order valence-electron chi connectivity index (χ0n) is 10.8. The number of amides is 2. The van der Waals surface area contributed by atoms with Gasteiger partial charge in [-0.2, -0.15) is 0 Å². The molecule has 1 aromatic carbocycles. The fraction of sp³-hybridized carbons (Fsp3) is 0.143. The lowest BCUT2D eigenvalue weighted by molar-refractivity contribution is 0.255. The van der Waals surface area contributed by atoms with Crippen LogP contribution in [-0.4, -0.2) is 11.0 Å². The molecule has 1 heterocycles. The number of carbonyl (C=O) groups excluding carboxylic acids is 1. The summed E-state index contributed by atoms with van der Waals surface area (Å²) >= 11 is 1.47. The lowest BCUT2D eigenvalue weighted by Gasteiger charge is -1.99. The monoisotopic (exact) mass is 273 g/mol. The highest BCUT2D eigenvalue weighted by Gasteiger charge is 2.05. The molecule has 1 aromatic heterocycles. The predicted molar refractivity (Wildman–Crippen MR) is 79.2 cm³/mol. The summed E-state index contributed by atoms with van der Waals surface area (Å²) < 4.78 is 0. The number of aryl methyl sites for hydroxylation is 2. The summed E-state index contributed by atoms with van der Waals surface area (Å²) in [5.41, 5.74) is 1.98. The normalized spacial score (nSPS) is 10.6. The Balaban J connectivity index is 1.87. The van der Waals surface area contributed by atoms with E-state index in [0.717, 1.165) is 16.1 Å². The van der Waals surface area contributed by atoms with Crippen LogP contribution in [0.15, 0.2) is 36.5 Å². The Morgan fingerprint density at radius 2 is 2.00 bits per heavy atom. The topological polar surface area (TPSA) is 54.0 Å². The molecule has 19 heavy (non-hydrogen) atoms. The molecule has 0 radical (unpaired) electrons. The van der Waals surface area contributed by atoms with Gasteiger partial charge in [0.05, 0.1) is 5.69 Å². The van der Waals surface area contributed by atoms with Gasteiger partial charge in [-0.25, -0.2) is 9.78 Å². The van der Waals surface area contributed by atoms with Gasteiger partial charge in [0.2, 0.25) is 0 Å². The van der Waals surface area contributed by atoms with Crippen LogP contribution in [0.5, 0.6) is 0 Å². The van der Waals surface area contributed by atoms with Crippen molar-refractivity contribution in [2.75, 3.05) is 5.32 Å². The standard InChI is InChI=1S/C14H15N3OS/c1-10-11(2)19-14(16-10)17-13(18)15-9-8-12-6-4-3-5-7-12/h3-9H,1-2H3,(H2,15,16,17,18)/b9-8+. The summed E-state index contributed by atoms with van der Waals surface area (Å²) in [5, 5.41) is 5.95. The van der Waals surface area contributed by atoms with E-state index in [-0.39, 0.29) is 6.03 Å². The minimum Gasteiger partial charge on any atom is -0.314 e. The van der Waals surface area contributed by atoms with E-state index in [1.165, 1.54) is 11.3 Å². The second kappa shape index (κ2) is 6.15. The van der Waals surface area contributed by atoms with Gasteiger partial charge in [0.1, 0.15) is 0 Å². The summed E-state index contributed by atoms with van der Waals surface area (Å²) in [7, 11) is 0. The van der Waals surface area contributed by atoms with Crippen molar-refractivity contribution in [1.82, 2.24) is 10.3 Å². The van der Waals surface area contributed by atoms with Crippen LogP contribution in [0, 0.1) is 13.8 Å². The van der Waals surface area contributed by atoms with Crippen LogP contribution in [0.4, 0.5) is 9.93 Å². The second-order valence-corrected chi connectivity index (χ2v) is 5.21. The van der Waals surface area contributed by atoms with E-state index in [9.17, 15) is 4.79 Å². The van der Waals surface area contributed by atoms with Crippen molar-refractivity contribution in [2.45, 2.75) is 13.8 Å². The molecule has 5 heteroatoms. The van der Waals surface area contributed by atoms with Gasteiger partial charge in [-0.1, -0.05) is 30.3 Å². The maximum absolute atomic E-state index is 11.6. The Morgan fingerprint density at radius 1 is 1.26 bits per heavy atom. The number of hydrogen-bond acceptors (Lipinski definition) is 3. The molecule has 4 nitrogen and oxygen atoms in total. The molecule has 0 spiro atoms. The number of nitrogens with zero attached hydrogens (tertiary/aromatic N) is 1. The molecule has 2 aromatic rings. The zero-order valence-corrected chi connectivity index (χ0v) is 11.6. The van der Waals surface area contributed by atoms with Crippen LogP contribution >= 0.6 is 11.3 Å². The van der Waals surface area contributed by atoms with E-state index >= 15 is 0 Å². The van der Waals surface area contributed by atoms with Gasteiger partial charge < -0.3 is 5.32 Å². The molecule has 2 amide bonds. The van der Waals surface area contributed by atoms with E-state index < -0.39 is 0 Å². The van der Waals surface area contributed by atoms with Crippen molar-refractivity contribution in [2.24, 2.45) is 0 Å². The van der Waals surface area contributed by atoms with Gasteiger partial charge in [-0.05, 0) is 25.5 Å². The maximum atomic E-state index is 11.6. The summed E-state index contributed by atoms with van der Waals surface area (Å²) in [5.74, 6) is 0. The molecular formula is C14H15N3OS. The van der Waals surface area contributed by atoms with Gasteiger partial charge in [0.15, 0.2) is 5.13 Å². The Bertz CT molecular complexity index is 570. The first-order chi connectivity index (χ1) is 9.15. The van der Waals surface area contributed by atoms with E-state index in [1.54, 1.807) is 6.20 Å². The van der Waals surface area contributed by atoms with Gasteiger partial charge in [0.25, 0.3) is 0 Å². The Hall–Kier alpha value is -2.14. The van der Waals surface area contributed by atoms with Crippen molar-refractivity contribution in [1.29, 1.82) is 0 Å². The molecule has 0 fully saturated rings. The lowest BCUT2D eigenvalue weighted by Crippen LogP contribution is -2.23. The highest BCUT2D eigenvalue weighted by Crippen LogP contribution is 2.20. The Kier molecular flexibility index (Phi) is 4.30. The summed E-state index contributed by atoms with van der Waals surface area (Å²) in [6.45, 7) is 3.90. The number of nitrogens with one attached hydrogen (secondary N) is 2. The zero-order chi connectivity index (χ0) is 13.7. The number of urea groups is 1. The summed E-state index contributed by atoms with van der Waals surface area (Å²) in [6, 6.07) is 9.47. The van der Waals surface area contributed by atoms with Crippen molar-refractivity contribution in [3.63, 3.8) is 0 Å². The molecule has 0 atom stereocenters. The van der Waals surface area contributed by atoms with Crippen molar-refractivity contribution >= 4 is 28.6 Å². The fourth-order valence-electron chi connectivity index (χ4n) is 1.44. The molecule has 0 aliphatic carbocycles. The van der Waals surface area contributed by atoms with E-state index in [0.29, 0.717) is 5.13 Å². The Labute approximate surface area is 116 Å². The minimum atomic E-state index is -0.291. The SMILES string of the molecule is Cc1nc(NC(=O)N/C=C/c2ccccc2)sc1C. The number of thiazole rings is 1. The van der Waals surface area contributed by atoms with E-state index in [2.05, 4.69) is 15.6 Å². The number of benzene rings is 1. The second-order valence-electron chi connectivity index (χ2n) is 4.00. The van der Waals surface area contributed by atoms with Crippen LogP contribution in [0.3, 0.4) is 0 Å². The van der Waals surface area contributed by atoms with Crippen molar-refractivity contribution in [3.05, 3.63) is 52.7 Å². The molecule has 0 saturated carbocycles. The number of anilines is 1. The van der Waals surface area contributed by atoms with Gasteiger partial charge in [-0.15, -0.1) is 11.3 Å². The third-order valence-corrected chi connectivity index (χ3v) is 3.53. The van der Waals surface area contributed by atoms with Gasteiger partial charge in [0, 0.05) is 11.1 Å². The number of aromatic nitrogens is 1. The average molecular weight is 273 g/mol. The van der Waals surface area contributed by atoms with Gasteiger partial charge in [-0.3, -0.25) is 5.32 Å². The minimum absolute atomic E-state index is 0.291. The number of hydrogen-bond donors (Lipinski definition) is 2. The van der Waals surface area contributed by atoms with Crippen molar-refractivity contribution < 1.29 is 4.79 Å². The third kappa shape index (κ3) is 3.93. The average Bonchev–Trinajstić information content (AvgIpc) is 2.69. The first-order valence-corrected chi connectivity index (χ1v) is 6.70. The molecule has 98 valence electrons. The molecule has 0 aliphatic rings. The van der Waals surface area contributed by atoms with Crippen LogP contribution in [0.2, 0.25) is 0 Å². The van der Waals surface area contributed by atoms with Gasteiger partial charge >= 0.3 is 6.03 Å². The number of rotatable bonds is 3. The molecule has 2 rings (SSSR count). The molecule has 0 unspecified atom stereocenters. The van der Waals surface area contributed by atoms with E-state index in [1.807, 2.05) is 50.3 Å². The fourth-order valence-corrected chi connectivity index (χ4v) is 2.25. The van der Waals surface area contributed by atoms with Crippen LogP contribution < -0.4 is 10.6 Å². The number of carbonyl (C=O) groups is 1. The predicted octanol–water partition coefficient (Wildman–Crippen LogP) is 3.55.